The highest BCUT2D eigenvalue weighted by atomic mass is 16.7. The molecule has 0 aliphatic rings. The zero-order valence-electron chi connectivity index (χ0n) is 15.4. The Hall–Kier alpha value is -3.05. The Labute approximate surface area is 158 Å². The third-order valence-electron chi connectivity index (χ3n) is 4.64. The minimum Gasteiger partial charge on any atom is -0.467 e. The third kappa shape index (κ3) is 3.73. The van der Waals surface area contributed by atoms with Crippen LogP contribution in [-0.2, 0) is 11.3 Å². The molecule has 0 saturated heterocycles. The Morgan fingerprint density at radius 2 is 1.48 bits per heavy atom. The fourth-order valence-electron chi connectivity index (χ4n) is 3.35. The maximum Gasteiger partial charge on any atom is 0.226 e. The van der Waals surface area contributed by atoms with Crippen LogP contribution >= 0.6 is 0 Å². The summed E-state index contributed by atoms with van der Waals surface area (Å²) in [6, 6.07) is 20.8. The number of aryl methyl sites for hydroxylation is 1. The van der Waals surface area contributed by atoms with E-state index in [1.54, 1.807) is 24.2 Å². The number of para-hydroxylation sites is 2. The lowest BCUT2D eigenvalue weighted by molar-refractivity contribution is -0.885. The van der Waals surface area contributed by atoms with Crippen molar-refractivity contribution in [3.63, 3.8) is 0 Å². The molecule has 0 saturated carbocycles. The molecular weight excluding hydrogens is 340 g/mol. The number of pyridine rings is 1. The second-order valence-corrected chi connectivity index (χ2v) is 6.29. The normalized spacial score (nSPS) is 11.1. The molecule has 0 radical (unpaired) electrons. The fraction of sp³-hybridized carbons (Fsp3) is 0.227. The maximum absolute atomic E-state index is 5.64. The molecule has 5 heteroatoms. The molecule has 2 heterocycles. The van der Waals surface area contributed by atoms with E-state index in [9.17, 15) is 0 Å². The quantitative estimate of drug-likeness (QED) is 0.273. The van der Waals surface area contributed by atoms with E-state index in [1.807, 2.05) is 12.1 Å². The van der Waals surface area contributed by atoms with Crippen molar-refractivity contribution in [1.82, 2.24) is 4.57 Å². The molecule has 0 fully saturated rings. The summed E-state index contributed by atoms with van der Waals surface area (Å²) in [5, 5.41) is 2.60. The number of benzene rings is 2. The summed E-state index contributed by atoms with van der Waals surface area (Å²) in [5.74, 6) is 0.755. The van der Waals surface area contributed by atoms with Crippen molar-refractivity contribution in [3.05, 3.63) is 73.1 Å². The second-order valence-electron chi connectivity index (χ2n) is 6.29. The van der Waals surface area contributed by atoms with Gasteiger partial charge in [0, 0.05) is 45.2 Å². The predicted molar refractivity (Wildman–Crippen MR) is 105 cm³/mol. The largest absolute Gasteiger partial charge is 0.467 e. The van der Waals surface area contributed by atoms with Crippen LogP contribution in [-0.4, -0.2) is 25.1 Å². The number of hydrogen-bond donors (Lipinski definition) is 0. The van der Waals surface area contributed by atoms with Crippen molar-refractivity contribution in [3.8, 4) is 5.75 Å². The summed E-state index contributed by atoms with van der Waals surface area (Å²) < 4.78 is 15.2. The van der Waals surface area contributed by atoms with Gasteiger partial charge in [-0.05, 0) is 18.6 Å². The van der Waals surface area contributed by atoms with E-state index in [4.69, 9.17) is 14.3 Å². The lowest BCUT2D eigenvalue weighted by Gasteiger charge is -2.09. The van der Waals surface area contributed by atoms with Crippen LogP contribution in [0, 0.1) is 0 Å². The van der Waals surface area contributed by atoms with Crippen molar-refractivity contribution in [2.45, 2.75) is 13.0 Å². The summed E-state index contributed by atoms with van der Waals surface area (Å²) in [7, 11) is 1.61. The Kier molecular flexibility index (Phi) is 5.21. The molecule has 0 N–H and O–H groups in total. The number of nitrogens with zero attached hydrogens (tertiary/aromatic N) is 2. The van der Waals surface area contributed by atoms with Crippen LogP contribution in [0.3, 0.4) is 0 Å². The van der Waals surface area contributed by atoms with E-state index in [1.165, 1.54) is 21.8 Å². The van der Waals surface area contributed by atoms with E-state index >= 15 is 0 Å². The van der Waals surface area contributed by atoms with E-state index in [0.717, 1.165) is 18.7 Å². The van der Waals surface area contributed by atoms with Crippen LogP contribution in [0.25, 0.3) is 21.8 Å². The molecule has 2 aromatic heterocycles. The molecule has 0 atom stereocenters. The standard InChI is InChI=1S/C22H23N2O3/c1-25-23-14-11-18(12-15-23)27-17-26-16-6-13-24-21-9-4-2-7-19(21)20-8-3-5-10-22(20)24/h2-5,7-12,14-15H,6,13,16-17H2,1H3/q+1. The molecule has 0 spiro atoms. The molecule has 0 unspecified atom stereocenters. The zero-order chi connectivity index (χ0) is 18.5. The van der Waals surface area contributed by atoms with Crippen molar-refractivity contribution in [2.75, 3.05) is 20.5 Å². The summed E-state index contributed by atoms with van der Waals surface area (Å²) in [6.07, 6.45) is 4.50. The Morgan fingerprint density at radius 3 is 2.11 bits per heavy atom. The SMILES string of the molecule is CO[n+]1ccc(OCOCCCn2c3ccccc3c3ccccc32)cc1. The van der Waals surface area contributed by atoms with Gasteiger partial charge in [-0.25, -0.2) is 0 Å². The molecular formula is C22H23N2O3+. The van der Waals surface area contributed by atoms with Gasteiger partial charge in [0.2, 0.25) is 12.4 Å². The van der Waals surface area contributed by atoms with Crippen molar-refractivity contribution in [1.29, 1.82) is 0 Å². The lowest BCUT2D eigenvalue weighted by Crippen LogP contribution is -2.39. The monoisotopic (exact) mass is 363 g/mol. The molecule has 0 aliphatic heterocycles. The molecule has 2 aromatic carbocycles. The number of hydrogen-bond acceptors (Lipinski definition) is 3. The molecule has 0 bridgehead atoms. The van der Waals surface area contributed by atoms with Crippen LogP contribution in [0.2, 0.25) is 0 Å². The highest BCUT2D eigenvalue weighted by molar-refractivity contribution is 6.07. The Bertz CT molecular complexity index is 972. The van der Waals surface area contributed by atoms with E-state index in [0.29, 0.717) is 6.61 Å². The van der Waals surface area contributed by atoms with Crippen LogP contribution in [0.15, 0.2) is 73.1 Å². The van der Waals surface area contributed by atoms with Crippen molar-refractivity contribution < 1.29 is 19.0 Å². The minimum absolute atomic E-state index is 0.240. The van der Waals surface area contributed by atoms with Gasteiger partial charge in [0.05, 0.1) is 6.61 Å². The van der Waals surface area contributed by atoms with Crippen LogP contribution in [0.5, 0.6) is 5.75 Å². The van der Waals surface area contributed by atoms with Gasteiger partial charge in [-0.15, -0.1) is 0 Å². The summed E-state index contributed by atoms with van der Waals surface area (Å²) >= 11 is 0. The van der Waals surface area contributed by atoms with Gasteiger partial charge in [-0.1, -0.05) is 36.4 Å². The molecule has 4 rings (SSSR count). The molecule has 138 valence electrons. The van der Waals surface area contributed by atoms with E-state index in [-0.39, 0.29) is 6.79 Å². The molecule has 4 aromatic rings. The van der Waals surface area contributed by atoms with Gasteiger partial charge in [0.25, 0.3) is 0 Å². The molecule has 0 aliphatic carbocycles. The molecule has 0 amide bonds. The van der Waals surface area contributed by atoms with Crippen LogP contribution in [0.4, 0.5) is 0 Å². The number of rotatable bonds is 8. The number of aromatic nitrogens is 2. The Morgan fingerprint density at radius 1 is 0.852 bits per heavy atom. The first kappa shape index (κ1) is 17.4. The second kappa shape index (κ2) is 8.10. The maximum atomic E-state index is 5.64. The number of ether oxygens (including phenoxy) is 2. The fourth-order valence-corrected chi connectivity index (χ4v) is 3.35. The first-order valence-corrected chi connectivity index (χ1v) is 9.09. The van der Waals surface area contributed by atoms with Crippen LogP contribution < -0.4 is 14.3 Å². The minimum atomic E-state index is 0.240. The third-order valence-corrected chi connectivity index (χ3v) is 4.64. The van der Waals surface area contributed by atoms with Gasteiger partial charge in [0.15, 0.2) is 6.79 Å². The first-order valence-electron chi connectivity index (χ1n) is 9.09. The number of fused-ring (bicyclic) bond motifs is 3. The van der Waals surface area contributed by atoms with Crippen molar-refractivity contribution in [2.24, 2.45) is 0 Å². The predicted octanol–water partition coefficient (Wildman–Crippen LogP) is 3.58. The van der Waals surface area contributed by atoms with Gasteiger partial charge >= 0.3 is 0 Å². The Balaban J connectivity index is 1.32. The molecule has 5 nitrogen and oxygen atoms in total. The van der Waals surface area contributed by atoms with Gasteiger partial charge < -0.3 is 14.0 Å². The summed E-state index contributed by atoms with van der Waals surface area (Å²) in [6.45, 7) is 1.79. The van der Waals surface area contributed by atoms with Gasteiger partial charge in [-0.3, -0.25) is 4.84 Å². The molecule has 27 heavy (non-hydrogen) atoms. The summed E-state index contributed by atoms with van der Waals surface area (Å²) in [5.41, 5.74) is 2.54. The highest BCUT2D eigenvalue weighted by Crippen LogP contribution is 2.28. The van der Waals surface area contributed by atoms with E-state index < -0.39 is 0 Å². The highest BCUT2D eigenvalue weighted by Gasteiger charge is 2.09. The van der Waals surface area contributed by atoms with Crippen LogP contribution in [0.1, 0.15) is 6.42 Å². The van der Waals surface area contributed by atoms with Gasteiger partial charge in [-0.2, -0.15) is 0 Å². The van der Waals surface area contributed by atoms with Crippen molar-refractivity contribution >= 4 is 21.8 Å². The first-order chi connectivity index (χ1) is 13.4. The smallest absolute Gasteiger partial charge is 0.226 e. The lowest BCUT2D eigenvalue weighted by atomic mass is 10.2. The average molecular weight is 363 g/mol. The van der Waals surface area contributed by atoms with Gasteiger partial charge in [0.1, 0.15) is 12.9 Å². The topological polar surface area (TPSA) is 36.5 Å². The zero-order valence-corrected chi connectivity index (χ0v) is 15.4. The summed E-state index contributed by atoms with van der Waals surface area (Å²) in [4.78, 5) is 5.05. The average Bonchev–Trinajstić information content (AvgIpc) is 3.05. The van der Waals surface area contributed by atoms with E-state index in [2.05, 4.69) is 53.1 Å².